The third kappa shape index (κ3) is 6.94. The van der Waals surface area contributed by atoms with Crippen molar-refractivity contribution in [2.24, 2.45) is 16.6 Å². The fourth-order valence-electron chi connectivity index (χ4n) is 3.03. The Morgan fingerprint density at radius 3 is 2.88 bits per heavy atom. The summed E-state index contributed by atoms with van der Waals surface area (Å²) in [7, 11) is 1.79. The summed E-state index contributed by atoms with van der Waals surface area (Å²) in [6, 6.07) is 6.58. The molecule has 1 aromatic carbocycles. The van der Waals surface area contributed by atoms with E-state index in [1.807, 2.05) is 0 Å². The van der Waals surface area contributed by atoms with Gasteiger partial charge in [0, 0.05) is 38.0 Å². The Balaban J connectivity index is 1.69. The number of amides is 1. The van der Waals surface area contributed by atoms with Gasteiger partial charge in [-0.05, 0) is 55.2 Å². The molecule has 0 radical (unpaired) electrons. The molecule has 1 fully saturated rings. The van der Waals surface area contributed by atoms with Gasteiger partial charge in [0.05, 0.1) is 0 Å². The minimum atomic E-state index is -0.229. The highest BCUT2D eigenvalue weighted by atomic mass is 32.2. The van der Waals surface area contributed by atoms with Gasteiger partial charge in [-0.15, -0.1) is 11.8 Å². The lowest BCUT2D eigenvalue weighted by molar-refractivity contribution is -0.119. The fraction of sp³-hybridized carbons (Fsp3) is 0.556. The number of halogens is 1. The number of hydrogen-bond donors (Lipinski definition) is 2. The number of primary amides is 1. The molecule has 2 rings (SSSR count). The number of hydrogen-bond acceptors (Lipinski definition) is 3. The van der Waals surface area contributed by atoms with Crippen molar-refractivity contribution in [1.82, 2.24) is 10.2 Å². The average Bonchev–Trinajstić information content (AvgIpc) is 2.59. The molecule has 0 aliphatic carbocycles. The molecule has 1 aliphatic rings. The van der Waals surface area contributed by atoms with Crippen LogP contribution in [0.4, 0.5) is 4.39 Å². The van der Waals surface area contributed by atoms with Crippen LogP contribution in [-0.4, -0.2) is 49.2 Å². The van der Waals surface area contributed by atoms with Gasteiger partial charge in [0.15, 0.2) is 5.96 Å². The van der Waals surface area contributed by atoms with Crippen LogP contribution in [0.2, 0.25) is 0 Å². The lowest BCUT2D eigenvalue weighted by Crippen LogP contribution is -2.47. The summed E-state index contributed by atoms with van der Waals surface area (Å²) < 4.78 is 12.9. The van der Waals surface area contributed by atoms with Gasteiger partial charge in [-0.3, -0.25) is 9.79 Å². The van der Waals surface area contributed by atoms with E-state index in [0.717, 1.165) is 55.5 Å². The topological polar surface area (TPSA) is 70.7 Å². The van der Waals surface area contributed by atoms with E-state index in [9.17, 15) is 9.18 Å². The molecule has 0 saturated carbocycles. The van der Waals surface area contributed by atoms with E-state index >= 15 is 0 Å². The number of aliphatic imine (C=N–C) groups is 1. The lowest BCUT2D eigenvalue weighted by Gasteiger charge is -2.34. The molecule has 0 spiro atoms. The highest BCUT2D eigenvalue weighted by Gasteiger charge is 2.23. The Hall–Kier alpha value is -1.76. The zero-order chi connectivity index (χ0) is 18.1. The van der Waals surface area contributed by atoms with Crippen molar-refractivity contribution in [2.45, 2.75) is 30.6 Å². The minimum Gasteiger partial charge on any atom is -0.370 e. The van der Waals surface area contributed by atoms with Gasteiger partial charge >= 0.3 is 0 Å². The van der Waals surface area contributed by atoms with Crippen LogP contribution in [0.15, 0.2) is 34.2 Å². The summed E-state index contributed by atoms with van der Waals surface area (Å²) in [4.78, 5) is 18.8. The Kier molecular flexibility index (Phi) is 8.04. The van der Waals surface area contributed by atoms with Gasteiger partial charge in [-0.1, -0.05) is 0 Å². The van der Waals surface area contributed by atoms with Gasteiger partial charge in [-0.25, -0.2) is 4.39 Å². The zero-order valence-electron chi connectivity index (χ0n) is 14.7. The molecule has 0 aromatic heterocycles. The molecular formula is C18H27FN4OS. The summed E-state index contributed by atoms with van der Waals surface area (Å²) in [5, 5.41) is 3.39. The van der Waals surface area contributed by atoms with Crippen LogP contribution in [0, 0.1) is 11.7 Å². The quantitative estimate of drug-likeness (QED) is 0.337. The number of nitrogens with two attached hydrogens (primary N) is 1. The Bertz CT molecular complexity index is 579. The standard InChI is InChI=1S/C18H27FN4OS/c1-21-18(23-10-2-4-14(13-23)12-17(20)24)22-9-3-11-25-16-7-5-15(19)6-8-16/h5-8,14H,2-4,9-13H2,1H3,(H2,20,24)(H,21,22). The first-order chi connectivity index (χ1) is 12.1. The maximum atomic E-state index is 12.9. The average molecular weight is 367 g/mol. The number of thioether (sulfide) groups is 1. The first-order valence-electron chi connectivity index (χ1n) is 8.70. The molecule has 1 amide bonds. The molecule has 0 bridgehead atoms. The molecule has 1 aliphatic heterocycles. The maximum Gasteiger partial charge on any atom is 0.217 e. The number of carbonyl (C=O) groups is 1. The van der Waals surface area contributed by atoms with Crippen LogP contribution in [0.25, 0.3) is 0 Å². The summed E-state index contributed by atoms with van der Waals surface area (Å²) in [5.41, 5.74) is 5.32. The van der Waals surface area contributed by atoms with E-state index < -0.39 is 0 Å². The minimum absolute atomic E-state index is 0.203. The summed E-state index contributed by atoms with van der Waals surface area (Å²) >= 11 is 1.72. The van der Waals surface area contributed by atoms with E-state index in [-0.39, 0.29) is 11.7 Å². The number of piperidine rings is 1. The van der Waals surface area contributed by atoms with Crippen molar-refractivity contribution >= 4 is 23.6 Å². The molecule has 7 heteroatoms. The largest absolute Gasteiger partial charge is 0.370 e. The molecule has 1 unspecified atom stereocenters. The normalized spacial score (nSPS) is 18.2. The van der Waals surface area contributed by atoms with Crippen LogP contribution in [0.3, 0.4) is 0 Å². The molecule has 1 saturated heterocycles. The number of benzene rings is 1. The second kappa shape index (κ2) is 10.3. The molecule has 25 heavy (non-hydrogen) atoms. The van der Waals surface area contributed by atoms with E-state index in [1.54, 1.807) is 30.9 Å². The molecule has 3 N–H and O–H groups in total. The molecule has 1 atom stereocenters. The fourth-order valence-corrected chi connectivity index (χ4v) is 3.89. The highest BCUT2D eigenvalue weighted by molar-refractivity contribution is 7.99. The number of likely N-dealkylation sites (tertiary alicyclic amines) is 1. The van der Waals surface area contributed by atoms with E-state index in [2.05, 4.69) is 15.2 Å². The third-order valence-corrected chi connectivity index (χ3v) is 5.31. The number of guanidine groups is 1. The molecule has 1 heterocycles. The van der Waals surface area contributed by atoms with Gasteiger partial charge in [-0.2, -0.15) is 0 Å². The van der Waals surface area contributed by atoms with Gasteiger partial charge in [0.25, 0.3) is 0 Å². The zero-order valence-corrected chi connectivity index (χ0v) is 15.5. The van der Waals surface area contributed by atoms with Crippen molar-refractivity contribution in [3.05, 3.63) is 30.1 Å². The van der Waals surface area contributed by atoms with Crippen molar-refractivity contribution in [1.29, 1.82) is 0 Å². The summed E-state index contributed by atoms with van der Waals surface area (Å²) in [5.74, 6) is 1.73. The van der Waals surface area contributed by atoms with Crippen LogP contribution >= 0.6 is 11.8 Å². The van der Waals surface area contributed by atoms with Crippen molar-refractivity contribution in [3.8, 4) is 0 Å². The first-order valence-corrected chi connectivity index (χ1v) is 9.69. The summed E-state index contributed by atoms with van der Waals surface area (Å²) in [6.45, 7) is 2.62. The van der Waals surface area contributed by atoms with Crippen molar-refractivity contribution in [3.63, 3.8) is 0 Å². The van der Waals surface area contributed by atoms with E-state index in [0.29, 0.717) is 12.3 Å². The van der Waals surface area contributed by atoms with Crippen LogP contribution < -0.4 is 11.1 Å². The number of nitrogens with zero attached hydrogens (tertiary/aromatic N) is 2. The monoisotopic (exact) mass is 366 g/mol. The van der Waals surface area contributed by atoms with Crippen molar-refractivity contribution in [2.75, 3.05) is 32.4 Å². The van der Waals surface area contributed by atoms with Gasteiger partial charge < -0.3 is 16.0 Å². The Labute approximate surface area is 153 Å². The van der Waals surface area contributed by atoms with Gasteiger partial charge in [0.2, 0.25) is 5.91 Å². The first kappa shape index (κ1) is 19.6. The second-order valence-corrected chi connectivity index (χ2v) is 7.42. The summed E-state index contributed by atoms with van der Waals surface area (Å²) in [6.07, 6.45) is 3.53. The number of carbonyl (C=O) groups excluding carboxylic acids is 1. The third-order valence-electron chi connectivity index (χ3n) is 4.21. The van der Waals surface area contributed by atoms with Crippen molar-refractivity contribution < 1.29 is 9.18 Å². The Morgan fingerprint density at radius 2 is 2.20 bits per heavy atom. The predicted molar refractivity (Wildman–Crippen MR) is 101 cm³/mol. The highest BCUT2D eigenvalue weighted by Crippen LogP contribution is 2.20. The molecule has 1 aromatic rings. The number of rotatable bonds is 7. The van der Waals surface area contributed by atoms with Crippen LogP contribution in [0.1, 0.15) is 25.7 Å². The number of nitrogens with one attached hydrogen (secondary N) is 1. The molecular weight excluding hydrogens is 339 g/mol. The van der Waals surface area contributed by atoms with E-state index in [1.165, 1.54) is 12.1 Å². The lowest BCUT2D eigenvalue weighted by atomic mass is 9.95. The predicted octanol–water partition coefficient (Wildman–Crippen LogP) is 2.47. The molecule has 5 nitrogen and oxygen atoms in total. The van der Waals surface area contributed by atoms with Gasteiger partial charge in [0.1, 0.15) is 5.82 Å². The maximum absolute atomic E-state index is 12.9. The van der Waals surface area contributed by atoms with Crippen LogP contribution in [-0.2, 0) is 4.79 Å². The van der Waals surface area contributed by atoms with E-state index in [4.69, 9.17) is 5.73 Å². The Morgan fingerprint density at radius 1 is 1.44 bits per heavy atom. The smallest absolute Gasteiger partial charge is 0.217 e. The van der Waals surface area contributed by atoms with Crippen LogP contribution in [0.5, 0.6) is 0 Å². The molecule has 138 valence electrons. The SMILES string of the molecule is CN=C(NCCCSc1ccc(F)cc1)N1CCCC(CC(N)=O)C1. The second-order valence-electron chi connectivity index (χ2n) is 6.25.